The molecule has 0 amide bonds. The third-order valence-corrected chi connectivity index (χ3v) is 6.01. The zero-order chi connectivity index (χ0) is 13.4. The van der Waals surface area contributed by atoms with Crippen molar-refractivity contribution in [2.45, 2.75) is 43.9 Å². The topological polar surface area (TPSA) is 9.23 Å². The number of rotatable bonds is 2. The van der Waals surface area contributed by atoms with Crippen LogP contribution in [-0.2, 0) is 6.42 Å². The third kappa shape index (κ3) is 2.80. The van der Waals surface area contributed by atoms with Crippen molar-refractivity contribution in [2.24, 2.45) is 11.8 Å². The average Bonchev–Trinajstić information content (AvgIpc) is 2.85. The van der Waals surface area contributed by atoms with E-state index in [1.165, 1.54) is 36.8 Å². The van der Waals surface area contributed by atoms with Gasteiger partial charge in [-0.3, -0.25) is 0 Å². The first-order valence-electron chi connectivity index (χ1n) is 7.24. The van der Waals surface area contributed by atoms with E-state index in [-0.39, 0.29) is 0 Å². The molecular formula is C16H20BrClO. The zero-order valence-corrected chi connectivity index (χ0v) is 13.6. The summed E-state index contributed by atoms with van der Waals surface area (Å²) in [6, 6.07) is 4.14. The molecule has 1 atom stereocenters. The first-order valence-corrected chi connectivity index (χ1v) is 8.53. The average molecular weight is 344 g/mol. The van der Waals surface area contributed by atoms with Crippen molar-refractivity contribution in [3.05, 3.63) is 28.3 Å². The number of ether oxygens (including phenoxy) is 1. The molecule has 1 unspecified atom stereocenters. The zero-order valence-electron chi connectivity index (χ0n) is 11.3. The molecule has 1 aliphatic heterocycles. The molecule has 3 rings (SSSR count). The van der Waals surface area contributed by atoms with Crippen LogP contribution >= 0.6 is 27.5 Å². The molecule has 1 aromatic carbocycles. The molecule has 1 aliphatic carbocycles. The van der Waals surface area contributed by atoms with Gasteiger partial charge in [0.15, 0.2) is 0 Å². The quantitative estimate of drug-likeness (QED) is 0.641. The fourth-order valence-corrected chi connectivity index (χ4v) is 4.45. The van der Waals surface area contributed by atoms with Crippen LogP contribution in [0.5, 0.6) is 5.75 Å². The van der Waals surface area contributed by atoms with Gasteiger partial charge in [-0.1, -0.05) is 47.3 Å². The molecule has 0 radical (unpaired) electrons. The Morgan fingerprint density at radius 1 is 1.26 bits per heavy atom. The summed E-state index contributed by atoms with van der Waals surface area (Å²) in [6.07, 6.45) is 6.29. The smallest absolute Gasteiger partial charge is 0.127 e. The van der Waals surface area contributed by atoms with E-state index in [1.807, 2.05) is 0 Å². The predicted octanol–water partition coefficient (Wildman–Crippen LogP) is 5.54. The number of hydrogen-bond acceptors (Lipinski definition) is 1. The summed E-state index contributed by atoms with van der Waals surface area (Å²) in [5.74, 6) is 2.69. The first kappa shape index (κ1) is 13.8. The van der Waals surface area contributed by atoms with Crippen molar-refractivity contribution in [2.75, 3.05) is 6.61 Å². The summed E-state index contributed by atoms with van der Waals surface area (Å²) < 4.78 is 5.83. The van der Waals surface area contributed by atoms with Crippen molar-refractivity contribution >= 4 is 27.5 Å². The van der Waals surface area contributed by atoms with Gasteiger partial charge in [-0.15, -0.1) is 0 Å². The minimum absolute atomic E-state index is 0.380. The number of benzene rings is 1. The highest BCUT2D eigenvalue weighted by Crippen LogP contribution is 2.47. The van der Waals surface area contributed by atoms with Crippen molar-refractivity contribution in [3.63, 3.8) is 0 Å². The Morgan fingerprint density at radius 2 is 2.00 bits per heavy atom. The summed E-state index contributed by atoms with van der Waals surface area (Å²) >= 11 is 10.2. The molecular weight excluding hydrogens is 324 g/mol. The maximum Gasteiger partial charge on any atom is 0.127 e. The van der Waals surface area contributed by atoms with Crippen molar-refractivity contribution in [1.29, 1.82) is 0 Å². The molecule has 0 saturated heterocycles. The van der Waals surface area contributed by atoms with E-state index in [9.17, 15) is 0 Å². The number of alkyl halides is 1. The van der Waals surface area contributed by atoms with E-state index in [1.54, 1.807) is 0 Å². The Bertz CT molecular complexity index is 466. The van der Waals surface area contributed by atoms with Crippen LogP contribution in [0.25, 0.3) is 0 Å². The van der Waals surface area contributed by atoms with Crippen LogP contribution in [0.4, 0.5) is 0 Å². The Labute approximate surface area is 128 Å². The highest BCUT2D eigenvalue weighted by Gasteiger charge is 2.29. The molecule has 1 saturated carbocycles. The number of hydrogen-bond donors (Lipinski definition) is 0. The van der Waals surface area contributed by atoms with Crippen molar-refractivity contribution in [1.82, 2.24) is 0 Å². The van der Waals surface area contributed by atoms with E-state index >= 15 is 0 Å². The predicted molar refractivity (Wildman–Crippen MR) is 83.4 cm³/mol. The van der Waals surface area contributed by atoms with Gasteiger partial charge in [0.05, 0.1) is 6.61 Å². The maximum atomic E-state index is 6.26. The lowest BCUT2D eigenvalue weighted by molar-refractivity contribution is 0.283. The highest BCUT2D eigenvalue weighted by atomic mass is 79.9. The number of halogens is 2. The van der Waals surface area contributed by atoms with E-state index < -0.39 is 0 Å². The van der Waals surface area contributed by atoms with Gasteiger partial charge in [0, 0.05) is 21.8 Å². The minimum atomic E-state index is 0.380. The van der Waals surface area contributed by atoms with E-state index in [0.717, 1.165) is 29.7 Å². The first-order chi connectivity index (χ1) is 9.15. The van der Waals surface area contributed by atoms with Crippen LogP contribution in [0.2, 0.25) is 5.02 Å². The molecule has 1 heterocycles. The SMILES string of the molecule is CC1CCC(C(Br)c2cc(Cl)cc3c2OCC3)CC1. The molecule has 0 aromatic heterocycles. The van der Waals surface area contributed by atoms with Gasteiger partial charge >= 0.3 is 0 Å². The van der Waals surface area contributed by atoms with Gasteiger partial charge in [0.2, 0.25) is 0 Å². The van der Waals surface area contributed by atoms with Crippen molar-refractivity contribution in [3.8, 4) is 5.75 Å². The summed E-state index contributed by atoms with van der Waals surface area (Å²) in [4.78, 5) is 0.380. The van der Waals surface area contributed by atoms with Crippen LogP contribution in [0.3, 0.4) is 0 Å². The van der Waals surface area contributed by atoms with Gasteiger partial charge in [-0.25, -0.2) is 0 Å². The second kappa shape index (κ2) is 5.65. The summed E-state index contributed by atoms with van der Waals surface area (Å²) in [7, 11) is 0. The Kier molecular flexibility index (Phi) is 4.09. The van der Waals surface area contributed by atoms with Gasteiger partial charge in [0.25, 0.3) is 0 Å². The minimum Gasteiger partial charge on any atom is -0.493 e. The molecule has 19 heavy (non-hydrogen) atoms. The molecule has 0 spiro atoms. The van der Waals surface area contributed by atoms with Gasteiger partial charge in [0.1, 0.15) is 5.75 Å². The normalized spacial score (nSPS) is 27.7. The summed E-state index contributed by atoms with van der Waals surface area (Å²) in [5, 5.41) is 0.841. The third-order valence-electron chi connectivity index (χ3n) is 4.55. The molecule has 3 heteroatoms. The molecule has 0 N–H and O–H groups in total. The molecule has 104 valence electrons. The van der Waals surface area contributed by atoms with Crippen LogP contribution < -0.4 is 4.74 Å². The van der Waals surface area contributed by atoms with E-state index in [4.69, 9.17) is 16.3 Å². The molecule has 0 bridgehead atoms. The maximum absolute atomic E-state index is 6.26. The number of fused-ring (bicyclic) bond motifs is 1. The van der Waals surface area contributed by atoms with Gasteiger partial charge in [-0.05, 0) is 42.4 Å². The van der Waals surface area contributed by atoms with Crippen LogP contribution in [0.1, 0.15) is 48.6 Å². The lowest BCUT2D eigenvalue weighted by atomic mass is 9.80. The Balaban J connectivity index is 1.85. The Morgan fingerprint density at radius 3 is 2.74 bits per heavy atom. The van der Waals surface area contributed by atoms with Gasteiger partial charge in [-0.2, -0.15) is 0 Å². The van der Waals surface area contributed by atoms with Crippen LogP contribution in [0, 0.1) is 11.8 Å². The molecule has 1 fully saturated rings. The fourth-order valence-electron chi connectivity index (χ4n) is 3.34. The summed E-state index contributed by atoms with van der Waals surface area (Å²) in [5.41, 5.74) is 2.54. The fraction of sp³-hybridized carbons (Fsp3) is 0.625. The standard InChI is InChI=1S/C16H20BrClO/c1-10-2-4-11(5-3-10)15(17)14-9-13(18)8-12-6-7-19-16(12)14/h8-11,15H,2-7H2,1H3. The molecule has 2 aliphatic rings. The second-order valence-corrected chi connectivity index (χ2v) is 7.43. The Hall–Kier alpha value is -0.210. The van der Waals surface area contributed by atoms with Gasteiger partial charge < -0.3 is 4.74 Å². The molecule has 1 nitrogen and oxygen atoms in total. The lowest BCUT2D eigenvalue weighted by Crippen LogP contribution is -2.16. The lowest BCUT2D eigenvalue weighted by Gasteiger charge is -2.30. The van der Waals surface area contributed by atoms with Crippen LogP contribution in [-0.4, -0.2) is 6.61 Å². The summed E-state index contributed by atoms with van der Waals surface area (Å²) in [6.45, 7) is 3.16. The van der Waals surface area contributed by atoms with Crippen molar-refractivity contribution < 1.29 is 4.74 Å². The molecule has 1 aromatic rings. The second-order valence-electron chi connectivity index (χ2n) is 6.00. The van der Waals surface area contributed by atoms with E-state index in [2.05, 4.69) is 35.0 Å². The highest BCUT2D eigenvalue weighted by molar-refractivity contribution is 9.09. The monoisotopic (exact) mass is 342 g/mol. The largest absolute Gasteiger partial charge is 0.493 e. The van der Waals surface area contributed by atoms with Crippen LogP contribution in [0.15, 0.2) is 12.1 Å². The van der Waals surface area contributed by atoms with E-state index in [0.29, 0.717) is 10.7 Å².